The maximum atomic E-state index is 5.38. The summed E-state index contributed by atoms with van der Waals surface area (Å²) < 4.78 is 0. The van der Waals surface area contributed by atoms with Crippen molar-refractivity contribution >= 4 is 11.3 Å². The smallest absolute Gasteiger partial charge is 0.0772 e. The Kier molecular flexibility index (Phi) is 5.31. The van der Waals surface area contributed by atoms with Crippen LogP contribution >= 0.6 is 11.3 Å². The molecule has 0 saturated carbocycles. The lowest BCUT2D eigenvalue weighted by molar-refractivity contribution is 0.318. The normalized spacial score (nSPS) is 10.4. The van der Waals surface area contributed by atoms with E-state index in [9.17, 15) is 0 Å². The number of nitrogens with zero attached hydrogens (tertiary/aromatic N) is 2. The molecule has 0 aliphatic heterocycles. The third kappa shape index (κ3) is 4.46. The van der Waals surface area contributed by atoms with E-state index in [4.69, 9.17) is 5.73 Å². The highest BCUT2D eigenvalue weighted by molar-refractivity contribution is 7.12. The Labute approximate surface area is 124 Å². The summed E-state index contributed by atoms with van der Waals surface area (Å²) in [5.74, 6) is 5.95. The van der Waals surface area contributed by atoms with Gasteiger partial charge in [0, 0.05) is 23.7 Å². The fourth-order valence-corrected chi connectivity index (χ4v) is 2.92. The molecule has 104 valence electrons. The van der Waals surface area contributed by atoms with Gasteiger partial charge in [-0.2, -0.15) is 0 Å². The summed E-state index contributed by atoms with van der Waals surface area (Å²) in [6, 6.07) is 10.3. The second-order valence-corrected chi connectivity index (χ2v) is 5.88. The molecule has 2 aromatic rings. The fraction of sp³-hybridized carbons (Fsp3) is 0.312. The summed E-state index contributed by atoms with van der Waals surface area (Å²) in [5, 5.41) is 0. The van der Waals surface area contributed by atoms with Crippen molar-refractivity contribution in [3.05, 3.63) is 51.5 Å². The number of thiophene rings is 1. The minimum Gasteiger partial charge on any atom is -0.320 e. The molecule has 3 nitrogen and oxygen atoms in total. The summed E-state index contributed by atoms with van der Waals surface area (Å²) in [6.07, 6.45) is 0. The molecular weight excluding hydrogens is 266 g/mol. The number of aryl methyl sites for hydroxylation is 1. The first kappa shape index (κ1) is 14.7. The van der Waals surface area contributed by atoms with Gasteiger partial charge in [0.25, 0.3) is 0 Å². The predicted molar refractivity (Wildman–Crippen MR) is 84.4 cm³/mol. The molecule has 2 rings (SSSR count). The molecule has 0 aliphatic rings. The zero-order valence-corrected chi connectivity index (χ0v) is 12.7. The quantitative estimate of drug-likeness (QED) is 0.877. The van der Waals surface area contributed by atoms with E-state index in [0.717, 1.165) is 29.4 Å². The third-order valence-electron chi connectivity index (χ3n) is 2.78. The minimum atomic E-state index is 0.409. The molecule has 0 fully saturated rings. The first-order chi connectivity index (χ1) is 9.67. The monoisotopic (exact) mass is 285 g/mol. The van der Waals surface area contributed by atoms with Crippen molar-refractivity contribution < 1.29 is 0 Å². The van der Waals surface area contributed by atoms with Crippen molar-refractivity contribution in [2.24, 2.45) is 5.73 Å². The van der Waals surface area contributed by atoms with Crippen LogP contribution in [0.25, 0.3) is 0 Å². The molecule has 0 spiro atoms. The Morgan fingerprint density at radius 1 is 1.25 bits per heavy atom. The van der Waals surface area contributed by atoms with Gasteiger partial charge in [-0.25, -0.2) is 0 Å². The van der Waals surface area contributed by atoms with Gasteiger partial charge in [-0.05, 0) is 38.2 Å². The molecule has 0 aliphatic carbocycles. The highest BCUT2D eigenvalue weighted by atomic mass is 32.1. The van der Waals surface area contributed by atoms with Gasteiger partial charge < -0.3 is 5.73 Å². The molecule has 0 saturated heterocycles. The van der Waals surface area contributed by atoms with E-state index in [-0.39, 0.29) is 0 Å². The van der Waals surface area contributed by atoms with Crippen LogP contribution in [0.15, 0.2) is 30.3 Å². The largest absolute Gasteiger partial charge is 0.320 e. The Balaban J connectivity index is 1.94. The van der Waals surface area contributed by atoms with Gasteiger partial charge in [0.15, 0.2) is 0 Å². The van der Waals surface area contributed by atoms with Crippen LogP contribution < -0.4 is 5.73 Å². The molecule has 4 heteroatoms. The summed E-state index contributed by atoms with van der Waals surface area (Å²) in [4.78, 5) is 9.17. The van der Waals surface area contributed by atoms with Crippen LogP contribution in [0, 0.1) is 18.8 Å². The second kappa shape index (κ2) is 7.20. The molecule has 20 heavy (non-hydrogen) atoms. The fourth-order valence-electron chi connectivity index (χ4n) is 1.95. The zero-order valence-electron chi connectivity index (χ0n) is 11.9. The van der Waals surface area contributed by atoms with Gasteiger partial charge in [0.1, 0.15) is 0 Å². The Hall–Kier alpha value is -1.67. The van der Waals surface area contributed by atoms with E-state index < -0.39 is 0 Å². The van der Waals surface area contributed by atoms with Crippen LogP contribution in [-0.4, -0.2) is 23.5 Å². The van der Waals surface area contributed by atoms with Gasteiger partial charge in [0.05, 0.1) is 17.1 Å². The van der Waals surface area contributed by atoms with Crippen LogP contribution in [0.2, 0.25) is 0 Å². The van der Waals surface area contributed by atoms with Crippen molar-refractivity contribution in [1.82, 2.24) is 9.88 Å². The summed E-state index contributed by atoms with van der Waals surface area (Å²) in [6.45, 7) is 4.19. The molecular formula is C16H19N3S. The van der Waals surface area contributed by atoms with Crippen LogP contribution in [0.1, 0.15) is 21.1 Å². The van der Waals surface area contributed by atoms with E-state index in [2.05, 4.69) is 53.0 Å². The molecule has 0 amide bonds. The van der Waals surface area contributed by atoms with Crippen LogP contribution in [0.4, 0.5) is 0 Å². The van der Waals surface area contributed by atoms with Crippen LogP contribution in [0.5, 0.6) is 0 Å². The lowest BCUT2D eigenvalue weighted by Gasteiger charge is -2.15. The average molecular weight is 285 g/mol. The summed E-state index contributed by atoms with van der Waals surface area (Å²) >= 11 is 1.72. The molecule has 0 aromatic carbocycles. The van der Waals surface area contributed by atoms with Crippen molar-refractivity contribution in [1.29, 1.82) is 0 Å². The number of hydrogen-bond acceptors (Lipinski definition) is 4. The van der Waals surface area contributed by atoms with E-state index in [1.807, 2.05) is 13.0 Å². The lowest BCUT2D eigenvalue weighted by Crippen LogP contribution is -2.17. The number of aromatic nitrogens is 1. The van der Waals surface area contributed by atoms with E-state index in [0.29, 0.717) is 6.54 Å². The van der Waals surface area contributed by atoms with Crippen molar-refractivity contribution in [2.45, 2.75) is 20.0 Å². The Morgan fingerprint density at radius 3 is 2.85 bits per heavy atom. The summed E-state index contributed by atoms with van der Waals surface area (Å²) in [7, 11) is 2.11. The van der Waals surface area contributed by atoms with Crippen LogP contribution in [-0.2, 0) is 13.1 Å². The standard InChI is InChI=1S/C16H19N3S/c1-13-5-3-6-14(18-13)11-19(2)12-16-9-8-15(20-16)7-4-10-17/h3,5-6,8-9H,10-12,17H2,1-2H3. The zero-order chi connectivity index (χ0) is 14.4. The maximum absolute atomic E-state index is 5.38. The molecule has 0 bridgehead atoms. The molecule has 2 N–H and O–H groups in total. The van der Waals surface area contributed by atoms with Gasteiger partial charge >= 0.3 is 0 Å². The van der Waals surface area contributed by atoms with Crippen LogP contribution in [0.3, 0.4) is 0 Å². The molecule has 2 aromatic heterocycles. The second-order valence-electron chi connectivity index (χ2n) is 4.71. The highest BCUT2D eigenvalue weighted by Crippen LogP contribution is 2.17. The van der Waals surface area contributed by atoms with E-state index >= 15 is 0 Å². The van der Waals surface area contributed by atoms with E-state index in [1.165, 1.54) is 4.88 Å². The topological polar surface area (TPSA) is 42.1 Å². The predicted octanol–water partition coefficient (Wildman–Crippen LogP) is 2.39. The Bertz CT molecular complexity index is 622. The van der Waals surface area contributed by atoms with Gasteiger partial charge in [-0.3, -0.25) is 9.88 Å². The SMILES string of the molecule is Cc1cccc(CN(C)Cc2ccc(C#CCN)s2)n1. The molecule has 0 radical (unpaired) electrons. The Morgan fingerprint density at radius 2 is 2.10 bits per heavy atom. The average Bonchev–Trinajstić information content (AvgIpc) is 2.83. The van der Waals surface area contributed by atoms with Gasteiger partial charge in [-0.1, -0.05) is 17.9 Å². The molecule has 0 unspecified atom stereocenters. The maximum Gasteiger partial charge on any atom is 0.0772 e. The minimum absolute atomic E-state index is 0.409. The van der Waals surface area contributed by atoms with Crippen molar-refractivity contribution in [3.63, 3.8) is 0 Å². The van der Waals surface area contributed by atoms with E-state index in [1.54, 1.807) is 11.3 Å². The number of rotatable bonds is 4. The number of nitrogens with two attached hydrogens (primary N) is 1. The number of hydrogen-bond donors (Lipinski definition) is 1. The van der Waals surface area contributed by atoms with Crippen molar-refractivity contribution in [3.8, 4) is 11.8 Å². The first-order valence-electron chi connectivity index (χ1n) is 6.56. The first-order valence-corrected chi connectivity index (χ1v) is 7.38. The lowest BCUT2D eigenvalue weighted by atomic mass is 10.3. The number of pyridine rings is 1. The molecule has 2 heterocycles. The van der Waals surface area contributed by atoms with Gasteiger partial charge in [0.2, 0.25) is 0 Å². The highest BCUT2D eigenvalue weighted by Gasteiger charge is 2.05. The molecule has 0 atom stereocenters. The van der Waals surface area contributed by atoms with Gasteiger partial charge in [-0.15, -0.1) is 11.3 Å². The third-order valence-corrected chi connectivity index (χ3v) is 3.76. The van der Waals surface area contributed by atoms with Crippen molar-refractivity contribution in [2.75, 3.05) is 13.6 Å². The summed E-state index contributed by atoms with van der Waals surface area (Å²) in [5.41, 5.74) is 7.54.